The number of nitrogens with zero attached hydrogens (tertiary/aromatic N) is 1. The predicted molar refractivity (Wildman–Crippen MR) is 76.5 cm³/mol. The van der Waals surface area contributed by atoms with Crippen molar-refractivity contribution in [1.29, 1.82) is 0 Å². The summed E-state index contributed by atoms with van der Waals surface area (Å²) in [6.45, 7) is 6.05. The number of carbonyl (C=O) groups is 3. The summed E-state index contributed by atoms with van der Waals surface area (Å²) in [6, 6.07) is 0. The summed E-state index contributed by atoms with van der Waals surface area (Å²) in [7, 11) is 1.35. The first-order valence-electron chi connectivity index (χ1n) is 6.86. The molecular weight excluding hydrogens is 274 g/mol. The maximum Gasteiger partial charge on any atom is 0.340 e. The molecule has 1 heterocycles. The number of aldehydes is 1. The molecule has 0 saturated heterocycles. The van der Waals surface area contributed by atoms with Crippen molar-refractivity contribution >= 4 is 18.2 Å². The number of carbonyl (C=O) groups excluding carboxylic acids is 3. The van der Waals surface area contributed by atoms with Crippen molar-refractivity contribution < 1.29 is 23.9 Å². The summed E-state index contributed by atoms with van der Waals surface area (Å²) < 4.78 is 11.4. The van der Waals surface area contributed by atoms with Gasteiger partial charge in [0.25, 0.3) is 0 Å². The lowest BCUT2D eigenvalue weighted by atomic mass is 10.1. The van der Waals surface area contributed by atoms with Gasteiger partial charge in [0, 0.05) is 29.9 Å². The van der Waals surface area contributed by atoms with E-state index in [0.717, 1.165) is 0 Å². The largest absolute Gasteiger partial charge is 0.469 e. The lowest BCUT2D eigenvalue weighted by Crippen LogP contribution is -2.09. The van der Waals surface area contributed by atoms with Crippen LogP contribution < -0.4 is 0 Å². The molecule has 0 spiro atoms. The number of rotatable bonds is 7. The van der Waals surface area contributed by atoms with Crippen LogP contribution in [0.25, 0.3) is 0 Å². The summed E-state index contributed by atoms with van der Waals surface area (Å²) in [5.41, 5.74) is 2.04. The second-order valence-corrected chi connectivity index (χ2v) is 4.63. The molecule has 0 radical (unpaired) electrons. The second-order valence-electron chi connectivity index (χ2n) is 4.63. The number of aromatic nitrogens is 1. The number of methoxy groups -OCH3 is 1. The van der Waals surface area contributed by atoms with Gasteiger partial charge in [-0.3, -0.25) is 9.59 Å². The second kappa shape index (κ2) is 7.61. The Morgan fingerprint density at radius 2 is 1.90 bits per heavy atom. The Bertz CT molecular complexity index is 545. The first-order chi connectivity index (χ1) is 9.97. The highest BCUT2D eigenvalue weighted by Crippen LogP contribution is 2.22. The van der Waals surface area contributed by atoms with E-state index in [0.29, 0.717) is 48.2 Å². The van der Waals surface area contributed by atoms with Crippen LogP contribution in [0.3, 0.4) is 0 Å². The number of hydrogen-bond acceptors (Lipinski definition) is 5. The maximum atomic E-state index is 12.0. The Morgan fingerprint density at radius 3 is 2.43 bits per heavy atom. The van der Waals surface area contributed by atoms with E-state index in [1.807, 2.05) is 4.57 Å². The number of ether oxygens (including phenoxy) is 2. The van der Waals surface area contributed by atoms with Crippen molar-refractivity contribution in [3.05, 3.63) is 22.5 Å². The third-order valence-electron chi connectivity index (χ3n) is 3.42. The summed E-state index contributed by atoms with van der Waals surface area (Å²) in [4.78, 5) is 34.4. The topological polar surface area (TPSA) is 74.6 Å². The first kappa shape index (κ1) is 16.9. The quantitative estimate of drug-likeness (QED) is 0.568. The molecule has 1 aromatic heterocycles. The molecule has 116 valence electrons. The molecule has 0 bridgehead atoms. The van der Waals surface area contributed by atoms with Crippen LogP contribution in [-0.4, -0.2) is 36.5 Å². The summed E-state index contributed by atoms with van der Waals surface area (Å²) in [5.74, 6) is -0.773. The molecule has 6 heteroatoms. The van der Waals surface area contributed by atoms with Crippen LogP contribution in [0.1, 0.15) is 51.9 Å². The van der Waals surface area contributed by atoms with Crippen molar-refractivity contribution in [3.63, 3.8) is 0 Å². The standard InChI is InChI=1S/C15H21NO5/c1-5-21-15(19)14-11(3)16(10(2)12(14)9-17)8-6-7-13(18)20-4/h9H,5-8H2,1-4H3. The van der Waals surface area contributed by atoms with Crippen LogP contribution in [0.4, 0.5) is 0 Å². The van der Waals surface area contributed by atoms with Crippen LogP contribution in [0.15, 0.2) is 0 Å². The number of esters is 2. The SMILES string of the molecule is CCOC(=O)c1c(C=O)c(C)n(CCCC(=O)OC)c1C. The average molecular weight is 295 g/mol. The zero-order valence-corrected chi connectivity index (χ0v) is 12.9. The molecule has 0 aromatic carbocycles. The van der Waals surface area contributed by atoms with Gasteiger partial charge in [0.1, 0.15) is 0 Å². The lowest BCUT2D eigenvalue weighted by Gasteiger charge is -2.09. The van der Waals surface area contributed by atoms with Crippen LogP contribution in [0.5, 0.6) is 0 Å². The van der Waals surface area contributed by atoms with Gasteiger partial charge >= 0.3 is 11.9 Å². The molecule has 0 aliphatic heterocycles. The minimum atomic E-state index is -0.494. The van der Waals surface area contributed by atoms with Gasteiger partial charge in [0.2, 0.25) is 0 Å². The summed E-state index contributed by atoms with van der Waals surface area (Å²) in [6.07, 6.45) is 1.54. The minimum absolute atomic E-state index is 0.253. The van der Waals surface area contributed by atoms with E-state index < -0.39 is 5.97 Å². The fourth-order valence-corrected chi connectivity index (χ4v) is 2.33. The Hall–Kier alpha value is -2.11. The van der Waals surface area contributed by atoms with E-state index >= 15 is 0 Å². The molecular formula is C15H21NO5. The highest BCUT2D eigenvalue weighted by molar-refractivity contribution is 6.00. The van der Waals surface area contributed by atoms with Crippen molar-refractivity contribution in [3.8, 4) is 0 Å². The van der Waals surface area contributed by atoms with Gasteiger partial charge in [-0.15, -0.1) is 0 Å². The molecule has 0 aliphatic carbocycles. The monoisotopic (exact) mass is 295 g/mol. The van der Waals surface area contributed by atoms with E-state index in [1.54, 1.807) is 20.8 Å². The predicted octanol–water partition coefficient (Wildman–Crippen LogP) is 2.05. The highest BCUT2D eigenvalue weighted by Gasteiger charge is 2.23. The Kier molecular flexibility index (Phi) is 6.14. The van der Waals surface area contributed by atoms with Gasteiger partial charge in [-0.1, -0.05) is 0 Å². The highest BCUT2D eigenvalue weighted by atomic mass is 16.5. The van der Waals surface area contributed by atoms with Crippen LogP contribution in [-0.2, 0) is 20.8 Å². The van der Waals surface area contributed by atoms with Crippen molar-refractivity contribution in [2.24, 2.45) is 0 Å². The Morgan fingerprint density at radius 1 is 1.24 bits per heavy atom. The molecule has 1 aromatic rings. The zero-order chi connectivity index (χ0) is 16.0. The fraction of sp³-hybridized carbons (Fsp3) is 0.533. The van der Waals surface area contributed by atoms with Crippen molar-refractivity contribution in [2.45, 2.75) is 40.2 Å². The van der Waals surface area contributed by atoms with Crippen LogP contribution in [0, 0.1) is 13.8 Å². The Balaban J connectivity index is 3.03. The van der Waals surface area contributed by atoms with Crippen LogP contribution >= 0.6 is 0 Å². The maximum absolute atomic E-state index is 12.0. The van der Waals surface area contributed by atoms with Gasteiger partial charge in [-0.25, -0.2) is 4.79 Å². The minimum Gasteiger partial charge on any atom is -0.469 e. The molecule has 0 aliphatic rings. The van der Waals surface area contributed by atoms with Crippen LogP contribution in [0.2, 0.25) is 0 Å². The van der Waals surface area contributed by atoms with Crippen molar-refractivity contribution in [2.75, 3.05) is 13.7 Å². The third-order valence-corrected chi connectivity index (χ3v) is 3.42. The lowest BCUT2D eigenvalue weighted by molar-refractivity contribution is -0.140. The van der Waals surface area contributed by atoms with Gasteiger partial charge in [-0.05, 0) is 27.2 Å². The molecule has 6 nitrogen and oxygen atoms in total. The van der Waals surface area contributed by atoms with E-state index in [9.17, 15) is 14.4 Å². The Labute approximate surface area is 124 Å². The summed E-state index contributed by atoms with van der Waals surface area (Å²) in [5, 5.41) is 0. The molecule has 0 atom stereocenters. The van der Waals surface area contributed by atoms with E-state index in [-0.39, 0.29) is 12.6 Å². The molecule has 21 heavy (non-hydrogen) atoms. The molecule has 1 rings (SSSR count). The first-order valence-corrected chi connectivity index (χ1v) is 6.86. The van der Waals surface area contributed by atoms with Gasteiger partial charge in [-0.2, -0.15) is 0 Å². The van der Waals surface area contributed by atoms with Gasteiger partial charge in [0.15, 0.2) is 6.29 Å². The fourth-order valence-electron chi connectivity index (χ4n) is 2.33. The smallest absolute Gasteiger partial charge is 0.340 e. The normalized spacial score (nSPS) is 10.3. The zero-order valence-electron chi connectivity index (χ0n) is 12.9. The van der Waals surface area contributed by atoms with E-state index in [4.69, 9.17) is 4.74 Å². The molecule has 0 unspecified atom stereocenters. The van der Waals surface area contributed by atoms with E-state index in [1.165, 1.54) is 7.11 Å². The third kappa shape index (κ3) is 3.71. The molecule has 0 amide bonds. The van der Waals surface area contributed by atoms with Gasteiger partial charge in [0.05, 0.1) is 19.3 Å². The van der Waals surface area contributed by atoms with E-state index in [2.05, 4.69) is 4.74 Å². The molecule has 0 fully saturated rings. The molecule has 0 saturated carbocycles. The molecule has 0 N–H and O–H groups in total. The van der Waals surface area contributed by atoms with Gasteiger partial charge < -0.3 is 14.0 Å². The summed E-state index contributed by atoms with van der Waals surface area (Å²) >= 11 is 0. The average Bonchev–Trinajstić information content (AvgIpc) is 2.70. The van der Waals surface area contributed by atoms with Crippen molar-refractivity contribution in [1.82, 2.24) is 4.57 Å². The number of hydrogen-bond donors (Lipinski definition) is 0.